The molecular weight excluding hydrogens is 194 g/mol. The number of aromatic nitrogens is 6. The van der Waals surface area contributed by atoms with E-state index >= 15 is 0 Å². The fourth-order valence-corrected chi connectivity index (χ4v) is 1.45. The van der Waals surface area contributed by atoms with Gasteiger partial charge in [0.15, 0.2) is 5.82 Å². The van der Waals surface area contributed by atoms with Crippen molar-refractivity contribution in [2.24, 2.45) is 19.8 Å². The van der Waals surface area contributed by atoms with Crippen molar-refractivity contribution in [1.82, 2.24) is 30.0 Å². The van der Waals surface area contributed by atoms with Gasteiger partial charge in [-0.05, 0) is 11.3 Å². The molecule has 2 N–H and O–H groups in total. The van der Waals surface area contributed by atoms with Gasteiger partial charge in [-0.15, -0.1) is 10.2 Å². The molecule has 0 aliphatic heterocycles. The van der Waals surface area contributed by atoms with Crippen LogP contribution in [0.4, 0.5) is 0 Å². The highest BCUT2D eigenvalue weighted by Crippen LogP contribution is 2.11. The van der Waals surface area contributed by atoms with Crippen LogP contribution in [0, 0.1) is 0 Å². The highest BCUT2D eigenvalue weighted by atomic mass is 15.6. The molecule has 2 aromatic heterocycles. The molecule has 2 rings (SSSR count). The third-order valence-corrected chi connectivity index (χ3v) is 2.19. The average molecular weight is 207 g/mol. The minimum Gasteiger partial charge on any atom is -0.322 e. The zero-order chi connectivity index (χ0) is 10.8. The minimum absolute atomic E-state index is 0.151. The molecule has 0 saturated carbocycles. The molecule has 0 spiro atoms. The molecule has 0 radical (unpaired) electrons. The van der Waals surface area contributed by atoms with Crippen LogP contribution in [0.1, 0.15) is 17.6 Å². The van der Waals surface area contributed by atoms with Crippen molar-refractivity contribution in [2.45, 2.75) is 12.5 Å². The van der Waals surface area contributed by atoms with E-state index in [-0.39, 0.29) is 6.04 Å². The maximum atomic E-state index is 6.00. The molecule has 0 aliphatic carbocycles. The van der Waals surface area contributed by atoms with Gasteiger partial charge >= 0.3 is 0 Å². The van der Waals surface area contributed by atoms with E-state index in [2.05, 4.69) is 20.5 Å². The average Bonchev–Trinajstić information content (AvgIpc) is 2.75. The predicted molar refractivity (Wildman–Crippen MR) is 52.6 cm³/mol. The lowest BCUT2D eigenvalue weighted by atomic mass is 10.1. The Labute approximate surface area is 86.9 Å². The Morgan fingerprint density at radius 2 is 2.27 bits per heavy atom. The molecule has 80 valence electrons. The van der Waals surface area contributed by atoms with Gasteiger partial charge in [0.1, 0.15) is 0 Å². The highest BCUT2D eigenvalue weighted by Gasteiger charge is 2.13. The van der Waals surface area contributed by atoms with Crippen molar-refractivity contribution in [3.05, 3.63) is 23.8 Å². The molecule has 2 heterocycles. The number of hydrogen-bond acceptors (Lipinski definition) is 5. The zero-order valence-corrected chi connectivity index (χ0v) is 8.70. The molecule has 1 atom stereocenters. The number of tetrazole rings is 1. The van der Waals surface area contributed by atoms with Crippen LogP contribution in [0.25, 0.3) is 0 Å². The first-order valence-corrected chi connectivity index (χ1v) is 4.63. The van der Waals surface area contributed by atoms with Crippen LogP contribution in [0.2, 0.25) is 0 Å². The molecular formula is C8H13N7. The van der Waals surface area contributed by atoms with Crippen LogP contribution in [0.5, 0.6) is 0 Å². The summed E-state index contributed by atoms with van der Waals surface area (Å²) in [5.41, 5.74) is 6.96. The molecule has 7 heteroatoms. The second-order valence-corrected chi connectivity index (χ2v) is 3.39. The molecule has 0 aromatic carbocycles. The summed E-state index contributed by atoms with van der Waals surface area (Å²) in [5, 5.41) is 15.8. The Balaban J connectivity index is 2.10. The van der Waals surface area contributed by atoms with E-state index in [0.29, 0.717) is 12.2 Å². The molecule has 1 unspecified atom stereocenters. The van der Waals surface area contributed by atoms with Crippen molar-refractivity contribution in [3.8, 4) is 0 Å². The lowest BCUT2D eigenvalue weighted by molar-refractivity contribution is 0.596. The summed E-state index contributed by atoms with van der Waals surface area (Å²) in [6.07, 6.45) is 2.28. The quantitative estimate of drug-likeness (QED) is 0.711. The molecule has 0 saturated heterocycles. The third kappa shape index (κ3) is 2.01. The summed E-state index contributed by atoms with van der Waals surface area (Å²) in [5.74, 6) is 0.645. The lowest BCUT2D eigenvalue weighted by Gasteiger charge is -2.08. The first-order chi connectivity index (χ1) is 7.16. The summed E-state index contributed by atoms with van der Waals surface area (Å²) in [7, 11) is 3.59. The van der Waals surface area contributed by atoms with E-state index in [1.54, 1.807) is 17.9 Å². The van der Waals surface area contributed by atoms with Gasteiger partial charge in [0.05, 0.1) is 18.8 Å². The number of hydrogen-bond donors (Lipinski definition) is 1. The van der Waals surface area contributed by atoms with Crippen molar-refractivity contribution in [1.29, 1.82) is 0 Å². The van der Waals surface area contributed by atoms with Crippen LogP contribution < -0.4 is 5.73 Å². The van der Waals surface area contributed by atoms with Gasteiger partial charge in [-0.3, -0.25) is 4.68 Å². The van der Waals surface area contributed by atoms with Gasteiger partial charge in [-0.1, -0.05) is 0 Å². The second-order valence-electron chi connectivity index (χ2n) is 3.39. The number of nitrogens with zero attached hydrogens (tertiary/aromatic N) is 6. The zero-order valence-electron chi connectivity index (χ0n) is 8.70. The predicted octanol–water partition coefficient (Wildman–Crippen LogP) is -0.814. The number of rotatable bonds is 3. The molecule has 7 nitrogen and oxygen atoms in total. The van der Waals surface area contributed by atoms with Crippen LogP contribution in [0.3, 0.4) is 0 Å². The monoisotopic (exact) mass is 207 g/mol. The largest absolute Gasteiger partial charge is 0.322 e. The van der Waals surface area contributed by atoms with Crippen LogP contribution >= 0.6 is 0 Å². The van der Waals surface area contributed by atoms with Crippen LogP contribution in [-0.4, -0.2) is 30.0 Å². The van der Waals surface area contributed by atoms with E-state index in [9.17, 15) is 0 Å². The van der Waals surface area contributed by atoms with Crippen molar-refractivity contribution < 1.29 is 0 Å². The summed E-state index contributed by atoms with van der Waals surface area (Å²) < 4.78 is 1.75. The Bertz CT molecular complexity index is 443. The van der Waals surface area contributed by atoms with Crippen LogP contribution in [0.15, 0.2) is 12.3 Å². The highest BCUT2D eigenvalue weighted by molar-refractivity contribution is 5.07. The summed E-state index contributed by atoms with van der Waals surface area (Å²) >= 11 is 0. The molecule has 2 aromatic rings. The topological polar surface area (TPSA) is 87.4 Å². The normalized spacial score (nSPS) is 13.0. The number of nitrogens with two attached hydrogens (primary N) is 1. The number of aryl methyl sites for hydroxylation is 2. The molecule has 0 amide bonds. The molecule has 0 bridgehead atoms. The van der Waals surface area contributed by atoms with Crippen molar-refractivity contribution >= 4 is 0 Å². The summed E-state index contributed by atoms with van der Waals surface area (Å²) in [6.45, 7) is 0. The third-order valence-electron chi connectivity index (χ3n) is 2.19. The van der Waals surface area contributed by atoms with E-state index in [1.165, 1.54) is 4.80 Å². The van der Waals surface area contributed by atoms with E-state index in [0.717, 1.165) is 5.69 Å². The second kappa shape index (κ2) is 3.77. The molecule has 15 heavy (non-hydrogen) atoms. The Hall–Kier alpha value is -1.76. The SMILES string of the molecule is Cn1nnc(CC(N)c2ccnn2C)n1. The standard InChI is InChI=1S/C8H13N7/c1-14-7(3-4-10-14)6(9)5-8-11-13-15(2)12-8/h3-4,6H,5,9H2,1-2H3. The summed E-state index contributed by atoms with van der Waals surface area (Å²) in [4.78, 5) is 1.42. The van der Waals surface area contributed by atoms with E-state index in [4.69, 9.17) is 5.73 Å². The Morgan fingerprint density at radius 3 is 2.80 bits per heavy atom. The minimum atomic E-state index is -0.151. The Morgan fingerprint density at radius 1 is 1.47 bits per heavy atom. The van der Waals surface area contributed by atoms with Gasteiger partial charge in [0.25, 0.3) is 0 Å². The fraction of sp³-hybridized carbons (Fsp3) is 0.500. The maximum absolute atomic E-state index is 6.00. The van der Waals surface area contributed by atoms with Gasteiger partial charge in [-0.2, -0.15) is 9.90 Å². The van der Waals surface area contributed by atoms with Gasteiger partial charge in [0.2, 0.25) is 0 Å². The maximum Gasteiger partial charge on any atom is 0.176 e. The van der Waals surface area contributed by atoms with E-state index in [1.807, 2.05) is 13.1 Å². The molecule has 0 aliphatic rings. The summed E-state index contributed by atoms with van der Waals surface area (Å²) in [6, 6.07) is 1.74. The lowest BCUT2D eigenvalue weighted by Crippen LogP contribution is -2.17. The van der Waals surface area contributed by atoms with Gasteiger partial charge in [0, 0.05) is 19.7 Å². The van der Waals surface area contributed by atoms with Crippen LogP contribution in [-0.2, 0) is 20.5 Å². The van der Waals surface area contributed by atoms with Gasteiger partial charge in [-0.25, -0.2) is 0 Å². The first kappa shape index (κ1) is 9.78. The fourth-order valence-electron chi connectivity index (χ4n) is 1.45. The van der Waals surface area contributed by atoms with Crippen molar-refractivity contribution in [3.63, 3.8) is 0 Å². The molecule has 0 fully saturated rings. The van der Waals surface area contributed by atoms with Crippen molar-refractivity contribution in [2.75, 3.05) is 0 Å². The Kier molecular flexibility index (Phi) is 2.46. The van der Waals surface area contributed by atoms with E-state index < -0.39 is 0 Å². The smallest absolute Gasteiger partial charge is 0.176 e. The first-order valence-electron chi connectivity index (χ1n) is 4.63. The van der Waals surface area contributed by atoms with Gasteiger partial charge < -0.3 is 5.73 Å².